The summed E-state index contributed by atoms with van der Waals surface area (Å²) in [7, 11) is 3.79. The number of anilines is 1. The van der Waals surface area contributed by atoms with Gasteiger partial charge in [0, 0.05) is 32.9 Å². The molecule has 1 aromatic carbocycles. The van der Waals surface area contributed by atoms with Crippen molar-refractivity contribution in [2.75, 3.05) is 19.0 Å². The van der Waals surface area contributed by atoms with Crippen LogP contribution in [0, 0.1) is 0 Å². The number of carbonyl (C=O) groups is 1. The molecule has 1 N–H and O–H groups in total. The SMILES string of the molecule is CCCCn1c(=O)[nH]c(=O)c2c1nc(COC(=O)c1cccc(N(C)C)c1)n2CCC. The topological polar surface area (TPSA) is 102 Å². The number of benzene rings is 1. The minimum atomic E-state index is -0.482. The lowest BCUT2D eigenvalue weighted by molar-refractivity contribution is 0.0458. The number of esters is 1. The number of carbonyl (C=O) groups excluding carboxylic acids is 1. The van der Waals surface area contributed by atoms with Gasteiger partial charge >= 0.3 is 11.7 Å². The second kappa shape index (κ2) is 9.63. The van der Waals surface area contributed by atoms with E-state index in [1.165, 1.54) is 4.57 Å². The van der Waals surface area contributed by atoms with Crippen LogP contribution in [0.2, 0.25) is 0 Å². The van der Waals surface area contributed by atoms with Crippen LogP contribution in [0.1, 0.15) is 49.3 Å². The maximum Gasteiger partial charge on any atom is 0.338 e. The summed E-state index contributed by atoms with van der Waals surface area (Å²) in [6.07, 6.45) is 2.44. The van der Waals surface area contributed by atoms with Crippen molar-refractivity contribution in [2.24, 2.45) is 0 Å². The fourth-order valence-electron chi connectivity index (χ4n) is 3.44. The molecule has 0 unspecified atom stereocenters. The molecule has 2 heterocycles. The van der Waals surface area contributed by atoms with Gasteiger partial charge in [-0.1, -0.05) is 26.3 Å². The molecule has 0 spiro atoms. The van der Waals surface area contributed by atoms with Crippen LogP contribution in [-0.4, -0.2) is 39.2 Å². The molecule has 0 aliphatic heterocycles. The van der Waals surface area contributed by atoms with E-state index in [1.807, 2.05) is 38.9 Å². The average molecular weight is 428 g/mol. The van der Waals surface area contributed by atoms with Gasteiger partial charge in [0.2, 0.25) is 0 Å². The van der Waals surface area contributed by atoms with E-state index in [-0.39, 0.29) is 6.61 Å². The van der Waals surface area contributed by atoms with Crippen molar-refractivity contribution in [2.45, 2.75) is 52.8 Å². The third-order valence-electron chi connectivity index (χ3n) is 5.08. The van der Waals surface area contributed by atoms with Crippen LogP contribution in [0.5, 0.6) is 0 Å². The smallest absolute Gasteiger partial charge is 0.338 e. The molecular formula is C22H29N5O4. The monoisotopic (exact) mass is 427 g/mol. The highest BCUT2D eigenvalue weighted by Crippen LogP contribution is 2.17. The Balaban J connectivity index is 1.96. The number of aromatic amines is 1. The third kappa shape index (κ3) is 4.70. The van der Waals surface area contributed by atoms with E-state index < -0.39 is 17.2 Å². The fourth-order valence-corrected chi connectivity index (χ4v) is 3.44. The number of ether oxygens (including phenoxy) is 1. The number of unbranched alkanes of at least 4 members (excludes halogenated alkanes) is 1. The van der Waals surface area contributed by atoms with Crippen molar-refractivity contribution in [3.8, 4) is 0 Å². The Morgan fingerprint density at radius 3 is 2.58 bits per heavy atom. The Morgan fingerprint density at radius 2 is 1.90 bits per heavy atom. The van der Waals surface area contributed by atoms with E-state index in [2.05, 4.69) is 9.97 Å². The molecule has 0 radical (unpaired) electrons. The molecule has 31 heavy (non-hydrogen) atoms. The standard InChI is InChI=1S/C22H29N5O4/c1-5-7-12-27-19-18(20(28)24-22(27)30)26(11-6-2)17(23-19)14-31-21(29)15-9-8-10-16(13-15)25(3)4/h8-10,13H,5-7,11-12,14H2,1-4H3,(H,24,28,30). The van der Waals surface area contributed by atoms with Crippen LogP contribution in [-0.2, 0) is 24.4 Å². The molecule has 2 aromatic heterocycles. The zero-order chi connectivity index (χ0) is 22.5. The molecule has 9 nitrogen and oxygen atoms in total. The number of aromatic nitrogens is 4. The van der Waals surface area contributed by atoms with Crippen molar-refractivity contribution in [1.82, 2.24) is 19.1 Å². The third-order valence-corrected chi connectivity index (χ3v) is 5.08. The van der Waals surface area contributed by atoms with Gasteiger partial charge in [-0.25, -0.2) is 14.6 Å². The summed E-state index contributed by atoms with van der Waals surface area (Å²) in [5.74, 6) is -0.0357. The summed E-state index contributed by atoms with van der Waals surface area (Å²) in [4.78, 5) is 46.3. The minimum absolute atomic E-state index is 0.0961. The first-order valence-corrected chi connectivity index (χ1v) is 10.5. The number of nitrogens with zero attached hydrogens (tertiary/aromatic N) is 4. The second-order valence-corrected chi connectivity index (χ2v) is 7.64. The van der Waals surface area contributed by atoms with Gasteiger partial charge in [0.15, 0.2) is 11.2 Å². The van der Waals surface area contributed by atoms with Gasteiger partial charge in [-0.15, -0.1) is 0 Å². The lowest BCUT2D eigenvalue weighted by Crippen LogP contribution is -2.31. The van der Waals surface area contributed by atoms with E-state index in [4.69, 9.17) is 4.74 Å². The molecule has 9 heteroatoms. The normalized spacial score (nSPS) is 11.1. The molecule has 0 amide bonds. The molecule has 0 atom stereocenters. The largest absolute Gasteiger partial charge is 0.454 e. The molecule has 0 saturated carbocycles. The Labute approximate surface area is 180 Å². The molecule has 166 valence electrons. The van der Waals surface area contributed by atoms with E-state index in [9.17, 15) is 14.4 Å². The number of hydrogen-bond donors (Lipinski definition) is 1. The summed E-state index contributed by atoms with van der Waals surface area (Å²) in [5, 5.41) is 0. The van der Waals surface area contributed by atoms with Crippen molar-refractivity contribution in [3.05, 3.63) is 56.5 Å². The minimum Gasteiger partial charge on any atom is -0.454 e. The van der Waals surface area contributed by atoms with E-state index in [1.54, 1.807) is 22.8 Å². The summed E-state index contributed by atoms with van der Waals surface area (Å²) in [5.41, 5.74) is 1.02. The molecule has 0 aliphatic carbocycles. The summed E-state index contributed by atoms with van der Waals surface area (Å²) in [6.45, 7) is 4.90. The van der Waals surface area contributed by atoms with Gasteiger partial charge < -0.3 is 14.2 Å². The Bertz CT molecular complexity index is 1190. The van der Waals surface area contributed by atoms with Crippen molar-refractivity contribution in [1.29, 1.82) is 0 Å². The first-order chi connectivity index (χ1) is 14.9. The van der Waals surface area contributed by atoms with Gasteiger partial charge in [0.1, 0.15) is 12.4 Å². The summed E-state index contributed by atoms with van der Waals surface area (Å²) < 4.78 is 8.74. The second-order valence-electron chi connectivity index (χ2n) is 7.64. The number of aryl methyl sites for hydroxylation is 2. The number of rotatable bonds is 9. The van der Waals surface area contributed by atoms with Gasteiger partial charge in [0.25, 0.3) is 5.56 Å². The molecule has 0 bridgehead atoms. The maximum absolute atomic E-state index is 12.6. The van der Waals surface area contributed by atoms with E-state index >= 15 is 0 Å². The quantitative estimate of drug-likeness (QED) is 0.527. The van der Waals surface area contributed by atoms with Crippen molar-refractivity contribution >= 4 is 22.8 Å². The molecule has 0 saturated heterocycles. The van der Waals surface area contributed by atoms with E-state index in [0.717, 1.165) is 24.9 Å². The predicted octanol–water partition coefficient (Wildman–Crippen LogP) is 2.52. The summed E-state index contributed by atoms with van der Waals surface area (Å²) >= 11 is 0. The fraction of sp³-hybridized carbons (Fsp3) is 0.455. The summed E-state index contributed by atoms with van der Waals surface area (Å²) in [6, 6.07) is 7.14. The molecular weight excluding hydrogens is 398 g/mol. The Morgan fingerprint density at radius 1 is 1.13 bits per heavy atom. The lowest BCUT2D eigenvalue weighted by Gasteiger charge is -2.13. The zero-order valence-corrected chi connectivity index (χ0v) is 18.5. The predicted molar refractivity (Wildman–Crippen MR) is 120 cm³/mol. The Kier molecular flexibility index (Phi) is 6.94. The van der Waals surface area contributed by atoms with Gasteiger partial charge in [-0.2, -0.15) is 0 Å². The molecule has 0 aliphatic rings. The van der Waals surface area contributed by atoms with Crippen molar-refractivity contribution in [3.63, 3.8) is 0 Å². The van der Waals surface area contributed by atoms with Gasteiger partial charge in [0.05, 0.1) is 5.56 Å². The van der Waals surface area contributed by atoms with Crippen LogP contribution >= 0.6 is 0 Å². The highest BCUT2D eigenvalue weighted by molar-refractivity contribution is 5.90. The molecule has 0 fully saturated rings. The highest BCUT2D eigenvalue weighted by Gasteiger charge is 2.19. The first-order valence-electron chi connectivity index (χ1n) is 10.5. The van der Waals surface area contributed by atoms with Crippen molar-refractivity contribution < 1.29 is 9.53 Å². The number of fused-ring (bicyclic) bond motifs is 1. The van der Waals surface area contributed by atoms with Gasteiger partial charge in [-0.05, 0) is 31.0 Å². The maximum atomic E-state index is 12.6. The van der Waals surface area contributed by atoms with Crippen LogP contribution in [0.25, 0.3) is 11.2 Å². The number of nitrogens with one attached hydrogen (secondary N) is 1. The lowest BCUT2D eigenvalue weighted by atomic mass is 10.2. The average Bonchev–Trinajstić information content (AvgIpc) is 3.11. The highest BCUT2D eigenvalue weighted by atomic mass is 16.5. The Hall–Kier alpha value is -3.36. The van der Waals surface area contributed by atoms with Crippen LogP contribution in [0.3, 0.4) is 0 Å². The first kappa shape index (κ1) is 22.3. The molecule has 3 aromatic rings. The molecule has 3 rings (SSSR count). The number of H-pyrrole nitrogens is 1. The number of imidazole rings is 1. The van der Waals surface area contributed by atoms with Crippen LogP contribution < -0.4 is 16.1 Å². The van der Waals surface area contributed by atoms with Gasteiger partial charge in [-0.3, -0.25) is 14.3 Å². The zero-order valence-electron chi connectivity index (χ0n) is 18.5. The van der Waals surface area contributed by atoms with Crippen LogP contribution in [0.4, 0.5) is 5.69 Å². The van der Waals surface area contributed by atoms with E-state index in [0.29, 0.717) is 35.6 Å². The number of hydrogen-bond acceptors (Lipinski definition) is 6. The van der Waals surface area contributed by atoms with Crippen LogP contribution in [0.15, 0.2) is 33.9 Å².